The van der Waals surface area contributed by atoms with Crippen LogP contribution in [0.3, 0.4) is 0 Å². The average Bonchev–Trinajstić information content (AvgIpc) is 2.00. The standard InChI is InChI=1S/C8H16Br2O/c1-2-3-4-8(11)5-7(10)6-9/h7-8,11H,2-6H2,1H3. The highest BCUT2D eigenvalue weighted by Gasteiger charge is 2.09. The highest BCUT2D eigenvalue weighted by molar-refractivity contribution is 9.12. The molecule has 0 aliphatic heterocycles. The van der Waals surface area contributed by atoms with Crippen LogP contribution in [0.25, 0.3) is 0 Å². The lowest BCUT2D eigenvalue weighted by molar-refractivity contribution is 0.153. The Morgan fingerprint density at radius 1 is 1.45 bits per heavy atom. The van der Waals surface area contributed by atoms with Crippen molar-refractivity contribution in [1.29, 1.82) is 0 Å². The molecule has 0 rings (SSSR count). The predicted octanol–water partition coefficient (Wildman–Crippen LogP) is 3.09. The van der Waals surface area contributed by atoms with Gasteiger partial charge in [-0.05, 0) is 12.8 Å². The summed E-state index contributed by atoms with van der Waals surface area (Å²) in [6.45, 7) is 2.14. The van der Waals surface area contributed by atoms with E-state index in [1.807, 2.05) is 0 Å². The highest BCUT2D eigenvalue weighted by Crippen LogP contribution is 2.14. The fourth-order valence-corrected chi connectivity index (χ4v) is 1.61. The van der Waals surface area contributed by atoms with Gasteiger partial charge < -0.3 is 5.11 Å². The van der Waals surface area contributed by atoms with Gasteiger partial charge in [-0.1, -0.05) is 51.6 Å². The molecule has 2 unspecified atom stereocenters. The van der Waals surface area contributed by atoms with Crippen molar-refractivity contribution in [3.05, 3.63) is 0 Å². The van der Waals surface area contributed by atoms with Crippen LogP contribution in [0.15, 0.2) is 0 Å². The van der Waals surface area contributed by atoms with Gasteiger partial charge in [0.1, 0.15) is 0 Å². The van der Waals surface area contributed by atoms with Crippen LogP contribution < -0.4 is 0 Å². The summed E-state index contributed by atoms with van der Waals surface area (Å²) in [4.78, 5) is 0.411. The van der Waals surface area contributed by atoms with Crippen molar-refractivity contribution in [2.45, 2.75) is 43.5 Å². The second kappa shape index (κ2) is 7.56. The Morgan fingerprint density at radius 2 is 2.09 bits per heavy atom. The molecular weight excluding hydrogens is 272 g/mol. The average molecular weight is 288 g/mol. The summed E-state index contributed by atoms with van der Waals surface area (Å²) >= 11 is 6.82. The van der Waals surface area contributed by atoms with Crippen molar-refractivity contribution in [1.82, 2.24) is 0 Å². The minimum atomic E-state index is -0.128. The first-order valence-corrected chi connectivity index (χ1v) is 6.12. The quantitative estimate of drug-likeness (QED) is 0.745. The molecule has 0 aliphatic rings. The van der Waals surface area contributed by atoms with Gasteiger partial charge in [0.05, 0.1) is 6.10 Å². The zero-order chi connectivity index (χ0) is 8.69. The summed E-state index contributed by atoms with van der Waals surface area (Å²) in [7, 11) is 0. The normalized spacial score (nSPS) is 16.4. The van der Waals surface area contributed by atoms with Crippen LogP contribution in [0, 0.1) is 0 Å². The molecular formula is C8H16Br2O. The van der Waals surface area contributed by atoms with E-state index < -0.39 is 0 Å². The van der Waals surface area contributed by atoms with Crippen molar-refractivity contribution in [3.63, 3.8) is 0 Å². The first kappa shape index (κ1) is 11.9. The molecule has 0 aliphatic carbocycles. The van der Waals surface area contributed by atoms with Gasteiger partial charge in [-0.15, -0.1) is 0 Å². The van der Waals surface area contributed by atoms with Gasteiger partial charge >= 0.3 is 0 Å². The number of halogens is 2. The lowest BCUT2D eigenvalue weighted by Gasteiger charge is -2.12. The first-order valence-electron chi connectivity index (χ1n) is 4.08. The van der Waals surface area contributed by atoms with E-state index in [1.54, 1.807) is 0 Å². The van der Waals surface area contributed by atoms with Crippen molar-refractivity contribution in [3.8, 4) is 0 Å². The van der Waals surface area contributed by atoms with Crippen molar-refractivity contribution < 1.29 is 5.11 Å². The molecule has 0 saturated heterocycles. The minimum Gasteiger partial charge on any atom is -0.393 e. The maximum absolute atomic E-state index is 9.43. The SMILES string of the molecule is CCCCC(O)CC(Br)CBr. The second-order valence-electron chi connectivity index (χ2n) is 2.78. The zero-order valence-corrected chi connectivity index (χ0v) is 10.1. The molecule has 0 fully saturated rings. The molecule has 1 N–H and O–H groups in total. The zero-order valence-electron chi connectivity index (χ0n) is 6.89. The van der Waals surface area contributed by atoms with Gasteiger partial charge in [-0.2, -0.15) is 0 Å². The molecule has 11 heavy (non-hydrogen) atoms. The summed E-state index contributed by atoms with van der Waals surface area (Å²) in [6, 6.07) is 0. The van der Waals surface area contributed by atoms with E-state index in [4.69, 9.17) is 0 Å². The van der Waals surface area contributed by atoms with E-state index >= 15 is 0 Å². The van der Waals surface area contributed by atoms with Gasteiger partial charge in [0.2, 0.25) is 0 Å². The Bertz CT molecular complexity index is 88.2. The van der Waals surface area contributed by atoms with Crippen LogP contribution in [0.4, 0.5) is 0 Å². The third-order valence-electron chi connectivity index (χ3n) is 1.59. The van der Waals surface area contributed by atoms with Crippen LogP contribution in [0.2, 0.25) is 0 Å². The fourth-order valence-electron chi connectivity index (χ4n) is 0.916. The molecule has 0 radical (unpaired) electrons. The van der Waals surface area contributed by atoms with Crippen LogP contribution in [-0.4, -0.2) is 21.4 Å². The Kier molecular flexibility index (Phi) is 8.20. The lowest BCUT2D eigenvalue weighted by Crippen LogP contribution is -2.13. The third kappa shape index (κ3) is 7.29. The van der Waals surface area contributed by atoms with E-state index in [-0.39, 0.29) is 6.10 Å². The van der Waals surface area contributed by atoms with Crippen LogP contribution in [0.5, 0.6) is 0 Å². The number of unbranched alkanes of at least 4 members (excludes halogenated alkanes) is 1. The van der Waals surface area contributed by atoms with Crippen molar-refractivity contribution in [2.24, 2.45) is 0 Å². The van der Waals surface area contributed by atoms with E-state index in [0.717, 1.165) is 24.6 Å². The Labute approximate surface area is 85.8 Å². The molecule has 1 nitrogen and oxygen atoms in total. The molecule has 0 bridgehead atoms. The smallest absolute Gasteiger partial charge is 0.0551 e. The van der Waals surface area contributed by atoms with E-state index in [9.17, 15) is 5.11 Å². The summed E-state index contributed by atoms with van der Waals surface area (Å²) in [6.07, 6.45) is 3.95. The first-order chi connectivity index (χ1) is 5.20. The van der Waals surface area contributed by atoms with Gasteiger partial charge in [-0.25, -0.2) is 0 Å². The molecule has 2 atom stereocenters. The number of hydrogen-bond donors (Lipinski definition) is 1. The highest BCUT2D eigenvalue weighted by atomic mass is 79.9. The van der Waals surface area contributed by atoms with E-state index in [0.29, 0.717) is 4.83 Å². The van der Waals surface area contributed by atoms with Crippen LogP contribution >= 0.6 is 31.9 Å². The largest absolute Gasteiger partial charge is 0.393 e. The number of alkyl halides is 2. The maximum Gasteiger partial charge on any atom is 0.0551 e. The Balaban J connectivity index is 3.27. The van der Waals surface area contributed by atoms with Gasteiger partial charge in [0, 0.05) is 10.2 Å². The molecule has 0 aromatic rings. The second-order valence-corrected chi connectivity index (χ2v) is 4.73. The van der Waals surface area contributed by atoms with Gasteiger partial charge in [0.15, 0.2) is 0 Å². The molecule has 0 aromatic carbocycles. The molecule has 0 aromatic heterocycles. The Hall–Kier alpha value is 0.920. The molecule has 0 amide bonds. The molecule has 0 saturated carbocycles. The van der Waals surface area contributed by atoms with Crippen LogP contribution in [-0.2, 0) is 0 Å². The number of aliphatic hydroxyl groups is 1. The summed E-state index contributed by atoms with van der Waals surface area (Å²) < 4.78 is 0. The van der Waals surface area contributed by atoms with Crippen LogP contribution in [0.1, 0.15) is 32.6 Å². The maximum atomic E-state index is 9.43. The molecule has 0 spiro atoms. The number of hydrogen-bond acceptors (Lipinski definition) is 1. The molecule has 3 heteroatoms. The van der Waals surface area contributed by atoms with Crippen molar-refractivity contribution in [2.75, 3.05) is 5.33 Å². The summed E-state index contributed by atoms with van der Waals surface area (Å²) in [5, 5.41) is 10.3. The van der Waals surface area contributed by atoms with Gasteiger partial charge in [-0.3, -0.25) is 0 Å². The number of aliphatic hydroxyl groups excluding tert-OH is 1. The Morgan fingerprint density at radius 3 is 2.55 bits per heavy atom. The third-order valence-corrected chi connectivity index (χ3v) is 3.93. The monoisotopic (exact) mass is 286 g/mol. The number of rotatable bonds is 6. The minimum absolute atomic E-state index is 0.128. The van der Waals surface area contributed by atoms with E-state index in [1.165, 1.54) is 6.42 Å². The molecule has 0 heterocycles. The van der Waals surface area contributed by atoms with Gasteiger partial charge in [0.25, 0.3) is 0 Å². The topological polar surface area (TPSA) is 20.2 Å². The molecule has 68 valence electrons. The summed E-state index contributed by atoms with van der Waals surface area (Å²) in [5.41, 5.74) is 0. The van der Waals surface area contributed by atoms with Crippen molar-refractivity contribution >= 4 is 31.9 Å². The summed E-state index contributed by atoms with van der Waals surface area (Å²) in [5.74, 6) is 0. The van der Waals surface area contributed by atoms with E-state index in [2.05, 4.69) is 38.8 Å². The predicted molar refractivity (Wildman–Crippen MR) is 56.7 cm³/mol. The fraction of sp³-hybridized carbons (Fsp3) is 1.00. The lowest BCUT2D eigenvalue weighted by atomic mass is 10.1.